The van der Waals surface area contributed by atoms with Crippen molar-refractivity contribution in [2.24, 2.45) is 0 Å². The van der Waals surface area contributed by atoms with E-state index < -0.39 is 0 Å². The number of nitrogens with one attached hydrogen (secondary N) is 3. The van der Waals surface area contributed by atoms with Gasteiger partial charge in [-0.05, 0) is 44.2 Å². The number of para-hydroxylation sites is 1. The summed E-state index contributed by atoms with van der Waals surface area (Å²) in [4.78, 5) is 20.7. The van der Waals surface area contributed by atoms with E-state index in [1.54, 1.807) is 24.3 Å². The van der Waals surface area contributed by atoms with Crippen LogP contribution in [0.2, 0.25) is 0 Å². The number of carbonyl (C=O) groups is 1. The lowest BCUT2D eigenvalue weighted by Crippen LogP contribution is -2.30. The molecule has 5 N–H and O–H groups in total. The summed E-state index contributed by atoms with van der Waals surface area (Å²) in [6, 6.07) is 6.96. The summed E-state index contributed by atoms with van der Waals surface area (Å²) >= 11 is 0. The molecule has 3 rings (SSSR count). The second kappa shape index (κ2) is 9.59. The van der Waals surface area contributed by atoms with Crippen LogP contribution in [0.3, 0.4) is 0 Å². The quantitative estimate of drug-likeness (QED) is 0.410. The first-order chi connectivity index (χ1) is 13.7. The van der Waals surface area contributed by atoms with Gasteiger partial charge >= 0.3 is 0 Å². The minimum Gasteiger partial charge on any atom is -0.496 e. The molecule has 2 aromatic rings. The molecule has 8 heteroatoms. The number of allylic oxidation sites excluding steroid dienone is 1. The molecule has 0 bridgehead atoms. The zero-order chi connectivity index (χ0) is 19.8. The molecule has 0 unspecified atom stereocenters. The van der Waals surface area contributed by atoms with Gasteiger partial charge < -0.3 is 15.8 Å². The average molecular weight is 382 g/mol. The number of hydrazine groups is 1. The van der Waals surface area contributed by atoms with Crippen molar-refractivity contribution in [1.82, 2.24) is 15.4 Å². The molecule has 28 heavy (non-hydrogen) atoms. The highest BCUT2D eigenvalue weighted by Gasteiger charge is 2.13. The molecule has 0 aliphatic heterocycles. The number of hydrogen-bond donors (Lipinski definition) is 4. The van der Waals surface area contributed by atoms with Crippen LogP contribution < -0.4 is 26.6 Å². The summed E-state index contributed by atoms with van der Waals surface area (Å²) in [5.41, 5.74) is 13.7. The second-order valence-corrected chi connectivity index (χ2v) is 6.55. The Bertz CT molecular complexity index is 852. The maximum Gasteiger partial charge on any atom is 0.273 e. The normalized spacial score (nSPS) is 13.4. The Morgan fingerprint density at radius 1 is 1.21 bits per heavy atom. The minimum absolute atomic E-state index is 0.331. The lowest BCUT2D eigenvalue weighted by atomic mass is 9.97. The van der Waals surface area contributed by atoms with Gasteiger partial charge in [0.25, 0.3) is 5.91 Å². The van der Waals surface area contributed by atoms with E-state index in [2.05, 4.69) is 32.2 Å². The maximum atomic E-state index is 12.4. The van der Waals surface area contributed by atoms with Gasteiger partial charge in [-0.15, -0.1) is 0 Å². The number of hydrogen-bond acceptors (Lipinski definition) is 7. The first-order valence-corrected chi connectivity index (χ1v) is 9.40. The lowest BCUT2D eigenvalue weighted by Gasteiger charge is -2.15. The second-order valence-electron chi connectivity index (χ2n) is 6.55. The molecule has 1 amide bonds. The number of benzene rings is 1. The molecule has 0 saturated heterocycles. The molecule has 148 valence electrons. The van der Waals surface area contributed by atoms with Crippen LogP contribution in [0.5, 0.6) is 5.75 Å². The van der Waals surface area contributed by atoms with E-state index in [1.165, 1.54) is 44.7 Å². The fourth-order valence-electron chi connectivity index (χ4n) is 3.12. The van der Waals surface area contributed by atoms with Crippen molar-refractivity contribution >= 4 is 23.2 Å². The standard InChI is InChI=1S/C20H26N6O2/c1-28-16-10-6-5-9-15(16)20(27)26-25-19-17(21)18(23-13-24-19)22-12-11-14-7-3-2-4-8-14/h5-7,9-10,13H,2-4,8,11-12,21H2,1H3,(H,26,27)(H2,22,23,24,25). The van der Waals surface area contributed by atoms with Crippen LogP contribution in [0, 0.1) is 0 Å². The van der Waals surface area contributed by atoms with Crippen molar-refractivity contribution in [3.8, 4) is 5.75 Å². The van der Waals surface area contributed by atoms with Gasteiger partial charge in [-0.1, -0.05) is 23.8 Å². The van der Waals surface area contributed by atoms with Crippen molar-refractivity contribution in [3.05, 3.63) is 47.8 Å². The molecule has 1 heterocycles. The molecule has 0 saturated carbocycles. The predicted octanol–water partition coefficient (Wildman–Crippen LogP) is 3.13. The van der Waals surface area contributed by atoms with Crippen LogP contribution >= 0.6 is 0 Å². The molecule has 0 atom stereocenters. The highest BCUT2D eigenvalue weighted by atomic mass is 16.5. The first kappa shape index (κ1) is 19.5. The van der Waals surface area contributed by atoms with Crippen molar-refractivity contribution in [2.75, 3.05) is 30.1 Å². The van der Waals surface area contributed by atoms with Gasteiger partial charge in [0.15, 0.2) is 11.6 Å². The minimum atomic E-state index is -0.353. The number of amides is 1. The highest BCUT2D eigenvalue weighted by Crippen LogP contribution is 2.24. The Morgan fingerprint density at radius 3 is 2.82 bits per heavy atom. The molecule has 1 aliphatic carbocycles. The smallest absolute Gasteiger partial charge is 0.273 e. The number of nitrogens with zero attached hydrogens (tertiary/aromatic N) is 2. The largest absolute Gasteiger partial charge is 0.496 e. The van der Waals surface area contributed by atoms with Crippen molar-refractivity contribution < 1.29 is 9.53 Å². The molecule has 1 aromatic heterocycles. The monoisotopic (exact) mass is 382 g/mol. The predicted molar refractivity (Wildman–Crippen MR) is 110 cm³/mol. The van der Waals surface area contributed by atoms with Gasteiger partial charge in [0.1, 0.15) is 17.8 Å². The van der Waals surface area contributed by atoms with E-state index in [-0.39, 0.29) is 5.91 Å². The third-order valence-corrected chi connectivity index (χ3v) is 4.65. The zero-order valence-corrected chi connectivity index (χ0v) is 16.0. The molecular formula is C20H26N6O2. The van der Waals surface area contributed by atoms with Crippen molar-refractivity contribution in [2.45, 2.75) is 32.1 Å². The molecule has 8 nitrogen and oxygen atoms in total. The van der Waals surface area contributed by atoms with Gasteiger partial charge in [0, 0.05) is 6.54 Å². The van der Waals surface area contributed by atoms with Gasteiger partial charge in [-0.2, -0.15) is 0 Å². The summed E-state index contributed by atoms with van der Waals surface area (Å²) in [5.74, 6) is 1.00. The van der Waals surface area contributed by atoms with Gasteiger partial charge in [-0.3, -0.25) is 15.6 Å². The summed E-state index contributed by atoms with van der Waals surface area (Å²) < 4.78 is 5.20. The van der Waals surface area contributed by atoms with E-state index >= 15 is 0 Å². The number of ether oxygens (including phenoxy) is 1. The van der Waals surface area contributed by atoms with E-state index in [0.29, 0.717) is 28.6 Å². The third kappa shape index (κ3) is 4.91. The van der Waals surface area contributed by atoms with E-state index in [4.69, 9.17) is 10.5 Å². The Morgan fingerprint density at radius 2 is 2.04 bits per heavy atom. The van der Waals surface area contributed by atoms with Gasteiger partial charge in [0.05, 0.1) is 12.7 Å². The van der Waals surface area contributed by atoms with Crippen LogP contribution in [0.15, 0.2) is 42.2 Å². The van der Waals surface area contributed by atoms with Crippen LogP contribution in [-0.2, 0) is 0 Å². The van der Waals surface area contributed by atoms with Crippen LogP contribution in [-0.4, -0.2) is 29.5 Å². The zero-order valence-electron chi connectivity index (χ0n) is 16.0. The Balaban J connectivity index is 1.58. The summed E-state index contributed by atoms with van der Waals surface area (Å²) in [7, 11) is 1.52. The van der Waals surface area contributed by atoms with Gasteiger partial charge in [-0.25, -0.2) is 9.97 Å². The summed E-state index contributed by atoms with van der Waals surface area (Å²) in [5, 5.41) is 3.25. The number of aromatic nitrogens is 2. The number of carbonyl (C=O) groups excluding carboxylic acids is 1. The van der Waals surface area contributed by atoms with E-state index in [0.717, 1.165) is 13.0 Å². The van der Waals surface area contributed by atoms with Crippen LogP contribution in [0.1, 0.15) is 42.5 Å². The summed E-state index contributed by atoms with van der Waals surface area (Å²) in [6.45, 7) is 0.750. The van der Waals surface area contributed by atoms with E-state index in [1.807, 2.05) is 0 Å². The number of anilines is 3. The topological polar surface area (TPSA) is 114 Å². The molecule has 1 aromatic carbocycles. The molecular weight excluding hydrogens is 356 g/mol. The molecule has 0 spiro atoms. The Labute approximate surface area is 164 Å². The maximum absolute atomic E-state index is 12.4. The van der Waals surface area contributed by atoms with Crippen molar-refractivity contribution in [1.29, 1.82) is 0 Å². The lowest BCUT2D eigenvalue weighted by molar-refractivity contribution is 0.0959. The van der Waals surface area contributed by atoms with Crippen LogP contribution in [0.25, 0.3) is 0 Å². The van der Waals surface area contributed by atoms with Crippen molar-refractivity contribution in [3.63, 3.8) is 0 Å². The third-order valence-electron chi connectivity index (χ3n) is 4.65. The number of rotatable bonds is 8. The highest BCUT2D eigenvalue weighted by molar-refractivity contribution is 5.97. The number of methoxy groups -OCH3 is 1. The SMILES string of the molecule is COc1ccccc1C(=O)NNc1ncnc(NCCC2=CCCCC2)c1N. The summed E-state index contributed by atoms with van der Waals surface area (Å²) in [6.07, 6.45) is 9.59. The Hall–Kier alpha value is -3.29. The first-order valence-electron chi connectivity index (χ1n) is 9.40. The van der Waals surface area contributed by atoms with E-state index in [9.17, 15) is 4.79 Å². The fourth-order valence-corrected chi connectivity index (χ4v) is 3.12. The molecule has 1 aliphatic rings. The number of nitrogen functional groups attached to an aromatic ring is 1. The Kier molecular flexibility index (Phi) is 6.67. The van der Waals surface area contributed by atoms with Crippen LogP contribution in [0.4, 0.5) is 17.3 Å². The number of nitrogens with two attached hydrogens (primary N) is 1. The fraction of sp³-hybridized carbons (Fsp3) is 0.350. The molecule has 0 fully saturated rings. The molecule has 0 radical (unpaired) electrons. The average Bonchev–Trinajstić information content (AvgIpc) is 2.74. The van der Waals surface area contributed by atoms with Gasteiger partial charge in [0.2, 0.25) is 0 Å².